The first kappa shape index (κ1) is 25.1. The van der Waals surface area contributed by atoms with Gasteiger partial charge < -0.3 is 15.1 Å². The van der Waals surface area contributed by atoms with Crippen molar-refractivity contribution in [3.63, 3.8) is 0 Å². The maximum absolute atomic E-state index is 13.6. The molecular weight excluding hydrogens is 475 g/mol. The van der Waals surface area contributed by atoms with E-state index >= 15 is 0 Å². The van der Waals surface area contributed by atoms with E-state index in [0.29, 0.717) is 29.9 Å². The first-order chi connectivity index (χ1) is 17.0. The number of quaternary nitrogens is 1. The summed E-state index contributed by atoms with van der Waals surface area (Å²) in [6, 6.07) is 14.0. The number of nitrogens with two attached hydrogens (primary N) is 1. The van der Waals surface area contributed by atoms with E-state index in [2.05, 4.69) is 0 Å². The number of aryl methyl sites for hydroxylation is 1. The van der Waals surface area contributed by atoms with E-state index in [9.17, 15) is 27.9 Å². The standard InChI is InChI=1S/C26H22F3N3O4/c1-14-3-2-4-20(26(27,28)29)22(14)24(34)31-21-11-17(32-12-18(33)13-32)9-10-19(21)23(30)15-5-7-16(8-6-15)25(35)36/h2-11,18,30,33H,12-13H2,1H3,(H,31,34)(H,35,36)/p+1. The second kappa shape index (κ2) is 9.56. The quantitative estimate of drug-likeness (QED) is 0.307. The van der Waals surface area contributed by atoms with Crippen LogP contribution in [0.1, 0.15) is 43.0 Å². The molecule has 0 saturated carbocycles. The fraction of sp³-hybridized carbons (Fsp3) is 0.192. The number of rotatable bonds is 6. The first-order valence-corrected chi connectivity index (χ1v) is 11.0. The number of primary amides is 1. The number of nitrogens with zero attached hydrogens (tertiary/aromatic N) is 1. The van der Waals surface area contributed by atoms with Gasteiger partial charge in [0.15, 0.2) is 0 Å². The lowest BCUT2D eigenvalue weighted by Crippen LogP contribution is -2.83. The average Bonchev–Trinajstić information content (AvgIpc) is 2.81. The van der Waals surface area contributed by atoms with E-state index in [1.54, 1.807) is 18.2 Å². The number of β-amino-alcohol motifs (C(OH)–C–C–N with tert-alkyl or cyclic N) is 1. The molecule has 4 rings (SSSR count). The number of carboxylic acid groups (broad SMARTS) is 1. The number of aliphatic hydroxyl groups excluding tert-OH is 1. The van der Waals surface area contributed by atoms with Gasteiger partial charge in [-0.05, 0) is 42.8 Å². The van der Waals surface area contributed by atoms with Crippen molar-refractivity contribution < 1.29 is 38.3 Å². The van der Waals surface area contributed by atoms with Gasteiger partial charge in [0, 0.05) is 30.4 Å². The van der Waals surface area contributed by atoms with Crippen molar-refractivity contribution in [3.05, 3.63) is 94.0 Å². The molecule has 3 aromatic rings. The Kier molecular flexibility index (Phi) is 6.66. The minimum absolute atomic E-state index is 0.0259. The Hall–Kier alpha value is -4.02. The number of alkyl halides is 3. The summed E-state index contributed by atoms with van der Waals surface area (Å²) < 4.78 is 40.9. The number of anilines is 1. The Morgan fingerprint density at radius 2 is 1.67 bits per heavy atom. The lowest BCUT2D eigenvalue weighted by atomic mass is 9.97. The number of carbonyl (C=O) groups is 2. The van der Waals surface area contributed by atoms with Crippen LogP contribution in [-0.2, 0) is 6.18 Å². The predicted octanol–water partition coefficient (Wildman–Crippen LogP) is 3.34. The predicted molar refractivity (Wildman–Crippen MR) is 126 cm³/mol. The Morgan fingerprint density at radius 1 is 1.03 bits per heavy atom. The summed E-state index contributed by atoms with van der Waals surface area (Å²) in [5.41, 5.74) is 0.250. The van der Waals surface area contributed by atoms with Gasteiger partial charge in [0.25, 0.3) is 0 Å². The number of carbonyl (C=O) groups excluding carboxylic acids is 1. The number of aliphatic hydroxyl groups is 1. The zero-order valence-corrected chi connectivity index (χ0v) is 19.1. The van der Waals surface area contributed by atoms with Crippen LogP contribution in [0.15, 0.2) is 60.7 Å². The van der Waals surface area contributed by atoms with Crippen LogP contribution >= 0.6 is 0 Å². The monoisotopic (exact) mass is 498 g/mol. The second-order valence-electron chi connectivity index (χ2n) is 8.59. The molecule has 1 amide bonds. The zero-order chi connectivity index (χ0) is 26.2. The molecule has 0 spiro atoms. The van der Waals surface area contributed by atoms with Crippen molar-refractivity contribution in [2.75, 3.05) is 18.0 Å². The zero-order valence-electron chi connectivity index (χ0n) is 19.1. The molecule has 1 aliphatic rings. The van der Waals surface area contributed by atoms with Crippen molar-refractivity contribution in [3.8, 4) is 0 Å². The van der Waals surface area contributed by atoms with Crippen LogP contribution in [0, 0.1) is 12.3 Å². The van der Waals surface area contributed by atoms with Gasteiger partial charge in [0.2, 0.25) is 0 Å². The van der Waals surface area contributed by atoms with Crippen LogP contribution in [-0.4, -0.2) is 47.0 Å². The largest absolute Gasteiger partial charge is 0.478 e. The molecule has 186 valence electrons. The van der Waals surface area contributed by atoms with Crippen LogP contribution in [0.2, 0.25) is 0 Å². The van der Waals surface area contributed by atoms with Gasteiger partial charge in [-0.3, -0.25) is 5.41 Å². The van der Waals surface area contributed by atoms with Gasteiger partial charge in [-0.2, -0.15) is 13.2 Å². The summed E-state index contributed by atoms with van der Waals surface area (Å²) in [5, 5.41) is 28.5. The third-order valence-corrected chi connectivity index (χ3v) is 6.06. The Morgan fingerprint density at radius 3 is 2.25 bits per heavy atom. The molecule has 0 aliphatic carbocycles. The molecule has 0 atom stereocenters. The molecule has 1 saturated heterocycles. The molecule has 3 aromatic carbocycles. The van der Waals surface area contributed by atoms with E-state index in [1.807, 2.05) is 4.90 Å². The summed E-state index contributed by atoms with van der Waals surface area (Å²) in [5.74, 6) is -1.97. The topological polar surface area (TPSA) is 118 Å². The average molecular weight is 498 g/mol. The number of hydrogen-bond acceptors (Lipinski definition) is 5. The highest BCUT2D eigenvalue weighted by atomic mass is 19.4. The SMILES string of the molecule is Cc1cccc(C(F)(F)F)c1C(=O)[NH2+]c1cc(N2CC(O)C2)ccc1C(=N)c1ccc(C(=O)O)cc1. The van der Waals surface area contributed by atoms with Gasteiger partial charge in [-0.15, -0.1) is 0 Å². The second-order valence-corrected chi connectivity index (χ2v) is 8.59. The van der Waals surface area contributed by atoms with Gasteiger partial charge in [0.05, 0.1) is 34.1 Å². The fourth-order valence-corrected chi connectivity index (χ4v) is 4.14. The molecule has 36 heavy (non-hydrogen) atoms. The number of amides is 1. The number of carboxylic acids is 1. The fourth-order valence-electron chi connectivity index (χ4n) is 4.14. The van der Waals surface area contributed by atoms with Crippen LogP contribution in [0.3, 0.4) is 0 Å². The summed E-state index contributed by atoms with van der Waals surface area (Å²) in [7, 11) is 0. The van der Waals surface area contributed by atoms with E-state index in [1.165, 1.54) is 43.3 Å². The van der Waals surface area contributed by atoms with Gasteiger partial charge in [-0.25, -0.2) is 14.9 Å². The molecule has 0 aromatic heterocycles. The Labute approximate surface area is 204 Å². The van der Waals surface area contributed by atoms with Crippen molar-refractivity contribution in [2.45, 2.75) is 19.2 Å². The molecule has 7 nitrogen and oxygen atoms in total. The minimum atomic E-state index is -4.72. The molecule has 0 bridgehead atoms. The van der Waals surface area contributed by atoms with E-state index < -0.39 is 35.3 Å². The smallest absolute Gasteiger partial charge is 0.417 e. The third kappa shape index (κ3) is 5.00. The van der Waals surface area contributed by atoms with Crippen LogP contribution in [0.5, 0.6) is 0 Å². The Balaban J connectivity index is 1.74. The minimum Gasteiger partial charge on any atom is -0.478 e. The highest BCUT2D eigenvalue weighted by Gasteiger charge is 2.37. The molecule has 0 radical (unpaired) electrons. The highest BCUT2D eigenvalue weighted by molar-refractivity contribution is 6.14. The molecule has 0 unspecified atom stereocenters. The van der Waals surface area contributed by atoms with Gasteiger partial charge in [0.1, 0.15) is 5.69 Å². The van der Waals surface area contributed by atoms with E-state index in [-0.39, 0.29) is 22.5 Å². The number of aromatic carboxylic acids is 1. The van der Waals surface area contributed by atoms with Crippen LogP contribution in [0.4, 0.5) is 24.5 Å². The van der Waals surface area contributed by atoms with Crippen molar-refractivity contribution in [1.29, 1.82) is 5.41 Å². The number of benzene rings is 3. The third-order valence-electron chi connectivity index (χ3n) is 6.06. The van der Waals surface area contributed by atoms with E-state index in [0.717, 1.165) is 11.4 Å². The number of hydrogen-bond donors (Lipinski definition) is 4. The maximum atomic E-state index is 13.6. The van der Waals surface area contributed by atoms with Crippen molar-refractivity contribution >= 4 is 29.0 Å². The van der Waals surface area contributed by atoms with Crippen molar-refractivity contribution in [1.82, 2.24) is 0 Å². The Bertz CT molecular complexity index is 1350. The van der Waals surface area contributed by atoms with Gasteiger partial charge >= 0.3 is 18.1 Å². The molecule has 1 fully saturated rings. The maximum Gasteiger partial charge on any atom is 0.417 e. The summed E-state index contributed by atoms with van der Waals surface area (Å²) in [6.45, 7) is 2.18. The molecule has 10 heteroatoms. The van der Waals surface area contributed by atoms with Crippen molar-refractivity contribution in [2.24, 2.45) is 0 Å². The molecule has 1 aliphatic heterocycles. The molecule has 5 N–H and O–H groups in total. The molecule has 1 heterocycles. The first-order valence-electron chi connectivity index (χ1n) is 11.0. The van der Waals surface area contributed by atoms with Crippen LogP contribution < -0.4 is 10.2 Å². The summed E-state index contributed by atoms with van der Waals surface area (Å²) >= 11 is 0. The summed E-state index contributed by atoms with van der Waals surface area (Å²) in [4.78, 5) is 26.2. The lowest BCUT2D eigenvalue weighted by molar-refractivity contribution is -0.464. The summed E-state index contributed by atoms with van der Waals surface area (Å²) in [6.07, 6.45) is -5.21. The molecular formula is C26H23F3N3O4+. The van der Waals surface area contributed by atoms with Gasteiger partial charge in [-0.1, -0.05) is 24.3 Å². The van der Waals surface area contributed by atoms with Crippen LogP contribution in [0.25, 0.3) is 0 Å². The number of halogens is 3. The van der Waals surface area contributed by atoms with E-state index in [4.69, 9.17) is 10.5 Å². The lowest BCUT2D eigenvalue weighted by Gasteiger charge is -2.38. The number of nitrogens with one attached hydrogen (secondary N) is 1. The normalized spacial score (nSPS) is 13.9. The highest BCUT2D eigenvalue weighted by Crippen LogP contribution is 2.33.